The van der Waals surface area contributed by atoms with E-state index >= 15 is 0 Å². The number of benzene rings is 1. The molecule has 2 unspecified atom stereocenters. The van der Waals surface area contributed by atoms with Gasteiger partial charge < -0.3 is 9.64 Å². The molecule has 1 heterocycles. The first kappa shape index (κ1) is 16.6. The summed E-state index contributed by atoms with van der Waals surface area (Å²) < 4.78 is 40.7. The average molecular weight is 326 g/mol. The lowest BCUT2D eigenvalue weighted by Crippen LogP contribution is -2.28. The lowest BCUT2D eigenvalue weighted by Gasteiger charge is -2.21. The molecule has 2 aliphatic rings. The van der Waals surface area contributed by atoms with Crippen molar-refractivity contribution in [2.45, 2.75) is 26.6 Å². The first-order valence-corrected chi connectivity index (χ1v) is 8.23. The fourth-order valence-electron chi connectivity index (χ4n) is 3.86. The van der Waals surface area contributed by atoms with Crippen LogP contribution in [0.4, 0.5) is 13.2 Å². The van der Waals surface area contributed by atoms with E-state index in [4.69, 9.17) is 0 Å². The second-order valence-electron chi connectivity index (χ2n) is 7.16. The first-order valence-electron chi connectivity index (χ1n) is 8.23. The maximum Gasteiger partial charge on any atom is 0.573 e. The molecule has 23 heavy (non-hydrogen) atoms. The molecule has 0 amide bonds. The molecule has 1 aromatic carbocycles. The van der Waals surface area contributed by atoms with Gasteiger partial charge in [-0.15, -0.1) is 13.2 Å². The Morgan fingerprint density at radius 1 is 1.26 bits per heavy atom. The summed E-state index contributed by atoms with van der Waals surface area (Å²) in [4.78, 5) is 2.54. The minimum atomic E-state index is -4.63. The maximum atomic E-state index is 12.2. The molecule has 1 aliphatic heterocycles. The minimum absolute atomic E-state index is 0.148. The van der Waals surface area contributed by atoms with E-state index in [-0.39, 0.29) is 5.75 Å². The molecule has 127 valence electrons. The van der Waals surface area contributed by atoms with Crippen molar-refractivity contribution in [3.05, 3.63) is 36.2 Å². The van der Waals surface area contributed by atoms with Crippen molar-refractivity contribution in [3.8, 4) is 5.75 Å². The van der Waals surface area contributed by atoms with Crippen LogP contribution in [0, 0.1) is 30.1 Å². The average Bonchev–Trinajstić information content (AvgIpc) is 2.87. The molecule has 1 saturated heterocycles. The van der Waals surface area contributed by atoms with Crippen molar-refractivity contribution >= 4 is 0 Å². The molecular formula is C18H23F3NO. The monoisotopic (exact) mass is 326 g/mol. The number of piperidine rings is 1. The summed E-state index contributed by atoms with van der Waals surface area (Å²) in [5.74, 6) is 2.81. The Morgan fingerprint density at radius 3 is 2.57 bits per heavy atom. The van der Waals surface area contributed by atoms with E-state index in [1.165, 1.54) is 31.8 Å². The maximum absolute atomic E-state index is 12.2. The Labute approximate surface area is 135 Å². The Balaban J connectivity index is 1.45. The third kappa shape index (κ3) is 4.40. The zero-order chi connectivity index (χ0) is 16.6. The number of hydrogen-bond acceptors (Lipinski definition) is 2. The lowest BCUT2D eigenvalue weighted by molar-refractivity contribution is -0.274. The molecular weight excluding hydrogens is 303 g/mol. The quantitative estimate of drug-likeness (QED) is 0.770. The molecule has 5 heteroatoms. The Bertz CT molecular complexity index is 531. The van der Waals surface area contributed by atoms with Crippen LogP contribution in [0.5, 0.6) is 5.75 Å². The molecule has 3 rings (SSSR count). The number of hydrogen-bond donors (Lipinski definition) is 0. The molecule has 0 spiro atoms. The zero-order valence-electron chi connectivity index (χ0n) is 13.5. The van der Waals surface area contributed by atoms with Crippen LogP contribution in [0.15, 0.2) is 24.3 Å². The Kier molecular flexibility index (Phi) is 4.59. The highest BCUT2D eigenvalue weighted by atomic mass is 19.4. The summed E-state index contributed by atoms with van der Waals surface area (Å²) in [5, 5.41) is 0. The number of nitrogens with zero attached hydrogens (tertiary/aromatic N) is 1. The molecule has 0 bridgehead atoms. The van der Waals surface area contributed by atoms with E-state index in [1.54, 1.807) is 6.07 Å². The van der Waals surface area contributed by atoms with Crippen molar-refractivity contribution in [1.29, 1.82) is 0 Å². The van der Waals surface area contributed by atoms with Gasteiger partial charge in [-0.05, 0) is 54.2 Å². The molecule has 2 atom stereocenters. The predicted molar refractivity (Wildman–Crippen MR) is 82.9 cm³/mol. The van der Waals surface area contributed by atoms with Gasteiger partial charge in [-0.2, -0.15) is 0 Å². The van der Waals surface area contributed by atoms with E-state index in [0.29, 0.717) is 11.8 Å². The van der Waals surface area contributed by atoms with E-state index in [2.05, 4.69) is 23.5 Å². The molecule has 1 aliphatic carbocycles. The van der Waals surface area contributed by atoms with Crippen LogP contribution in [0.1, 0.15) is 25.8 Å². The largest absolute Gasteiger partial charge is 0.573 e. The highest BCUT2D eigenvalue weighted by molar-refractivity contribution is 5.33. The number of likely N-dealkylation sites (tertiary alicyclic amines) is 1. The van der Waals surface area contributed by atoms with E-state index in [0.717, 1.165) is 23.8 Å². The van der Waals surface area contributed by atoms with Crippen molar-refractivity contribution in [1.82, 2.24) is 4.90 Å². The number of alkyl halides is 3. The van der Waals surface area contributed by atoms with Gasteiger partial charge in [0.1, 0.15) is 5.75 Å². The van der Waals surface area contributed by atoms with Gasteiger partial charge in [0.25, 0.3) is 0 Å². The second-order valence-corrected chi connectivity index (χ2v) is 7.16. The third-order valence-corrected chi connectivity index (χ3v) is 4.79. The summed E-state index contributed by atoms with van der Waals surface area (Å²) >= 11 is 0. The Hall–Kier alpha value is -1.23. The Morgan fingerprint density at radius 2 is 1.96 bits per heavy atom. The van der Waals surface area contributed by atoms with Crippen LogP contribution in [-0.4, -0.2) is 30.9 Å². The van der Waals surface area contributed by atoms with Crippen LogP contribution in [0.3, 0.4) is 0 Å². The van der Waals surface area contributed by atoms with Gasteiger partial charge >= 0.3 is 6.36 Å². The summed E-state index contributed by atoms with van der Waals surface area (Å²) in [5.41, 5.74) is 0.802. The third-order valence-electron chi connectivity index (χ3n) is 4.79. The van der Waals surface area contributed by atoms with Crippen molar-refractivity contribution in [2.24, 2.45) is 23.7 Å². The fourth-order valence-corrected chi connectivity index (χ4v) is 3.86. The molecule has 0 N–H and O–H groups in total. The van der Waals surface area contributed by atoms with E-state index in [9.17, 15) is 13.2 Å². The van der Waals surface area contributed by atoms with E-state index < -0.39 is 6.36 Å². The van der Waals surface area contributed by atoms with Gasteiger partial charge in [0.15, 0.2) is 0 Å². The number of ether oxygens (including phenoxy) is 1. The summed E-state index contributed by atoms with van der Waals surface area (Å²) in [7, 11) is 0. The standard InChI is InChI=1S/C18H23F3NO/c1-12(2)9-22-10-16-15(17(16)11-22)7-6-13-4-3-5-14(8-13)23-18(19,20)21/h3-6,8,12,15-17H,7,9-11H2,1-2H3. The minimum Gasteiger partial charge on any atom is -0.406 e. The zero-order valence-corrected chi connectivity index (χ0v) is 13.5. The molecule has 1 saturated carbocycles. The van der Waals surface area contributed by atoms with Crippen LogP contribution in [0.25, 0.3) is 0 Å². The molecule has 2 fully saturated rings. The summed E-state index contributed by atoms with van der Waals surface area (Å²) in [6.45, 7) is 8.01. The topological polar surface area (TPSA) is 12.5 Å². The predicted octanol–water partition coefficient (Wildman–Crippen LogP) is 4.36. The van der Waals surface area contributed by atoms with Gasteiger partial charge in [-0.1, -0.05) is 26.0 Å². The first-order chi connectivity index (χ1) is 10.8. The molecule has 1 aromatic rings. The van der Waals surface area contributed by atoms with Crippen molar-refractivity contribution < 1.29 is 17.9 Å². The van der Waals surface area contributed by atoms with Crippen molar-refractivity contribution in [3.63, 3.8) is 0 Å². The SMILES string of the molecule is CC(C)CN1CC2C(C[CH]c3cccc(OC(F)(F)F)c3)C2C1. The van der Waals surface area contributed by atoms with E-state index in [1.807, 2.05) is 12.5 Å². The van der Waals surface area contributed by atoms with Crippen LogP contribution in [0.2, 0.25) is 0 Å². The highest BCUT2D eigenvalue weighted by Gasteiger charge is 2.54. The normalized spacial score (nSPS) is 27.3. The fraction of sp³-hybridized carbons (Fsp3) is 0.611. The lowest BCUT2D eigenvalue weighted by atomic mass is 10.0. The van der Waals surface area contributed by atoms with Gasteiger partial charge in [0, 0.05) is 19.6 Å². The van der Waals surface area contributed by atoms with Gasteiger partial charge in [0.2, 0.25) is 0 Å². The number of halogens is 3. The van der Waals surface area contributed by atoms with Crippen molar-refractivity contribution in [2.75, 3.05) is 19.6 Å². The summed E-state index contributed by atoms with van der Waals surface area (Å²) in [6.07, 6.45) is -1.65. The smallest absolute Gasteiger partial charge is 0.406 e. The number of rotatable bonds is 6. The van der Waals surface area contributed by atoms with Crippen LogP contribution < -0.4 is 4.74 Å². The highest BCUT2D eigenvalue weighted by Crippen LogP contribution is 2.54. The van der Waals surface area contributed by atoms with Gasteiger partial charge in [-0.3, -0.25) is 0 Å². The number of fused-ring (bicyclic) bond motifs is 1. The second kappa shape index (κ2) is 6.34. The summed E-state index contributed by atoms with van der Waals surface area (Å²) in [6, 6.07) is 6.22. The van der Waals surface area contributed by atoms with Crippen LogP contribution in [-0.2, 0) is 0 Å². The molecule has 2 nitrogen and oxygen atoms in total. The molecule has 1 radical (unpaired) electrons. The molecule has 0 aromatic heterocycles. The van der Waals surface area contributed by atoms with Gasteiger partial charge in [0.05, 0.1) is 0 Å². The van der Waals surface area contributed by atoms with Crippen LogP contribution >= 0.6 is 0 Å². The van der Waals surface area contributed by atoms with Gasteiger partial charge in [-0.25, -0.2) is 0 Å².